The van der Waals surface area contributed by atoms with Gasteiger partial charge in [0.15, 0.2) is 0 Å². The Balaban J connectivity index is 0.000000612. The van der Waals surface area contributed by atoms with E-state index in [9.17, 15) is 14.7 Å². The van der Waals surface area contributed by atoms with E-state index in [1.807, 2.05) is 4.91 Å². The Morgan fingerprint density at radius 1 is 1.55 bits per heavy atom. The molecule has 0 bridgehead atoms. The summed E-state index contributed by atoms with van der Waals surface area (Å²) in [6.07, 6.45) is -0.581. The second-order valence-corrected chi connectivity index (χ2v) is 4.21. The number of nitrogens with one attached hydrogen (secondary N) is 3. The molecule has 1 aromatic rings. The third kappa shape index (κ3) is 3.45. The molecule has 0 aliphatic carbocycles. The summed E-state index contributed by atoms with van der Waals surface area (Å²) in [6.45, 7) is 1.26. The van der Waals surface area contributed by atoms with E-state index in [0.717, 1.165) is 0 Å². The minimum absolute atomic E-state index is 0.205. The van der Waals surface area contributed by atoms with E-state index >= 15 is 0 Å². The zero-order chi connectivity index (χ0) is 15.3. The van der Waals surface area contributed by atoms with Crippen LogP contribution >= 0.6 is 0 Å². The molecule has 10 heteroatoms. The fourth-order valence-corrected chi connectivity index (χ4v) is 1.85. The van der Waals surface area contributed by atoms with Crippen LogP contribution in [0.5, 0.6) is 0 Å². The first-order valence-electron chi connectivity index (χ1n) is 5.74. The van der Waals surface area contributed by atoms with Gasteiger partial charge in [0, 0.05) is 18.2 Å². The molecule has 0 saturated carbocycles. The maximum absolute atomic E-state index is 11.6. The lowest BCUT2D eigenvalue weighted by molar-refractivity contribution is -0.0459. The Kier molecular flexibility index (Phi) is 5.47. The maximum Gasteiger partial charge on any atom is 0.330 e. The van der Waals surface area contributed by atoms with Gasteiger partial charge in [-0.2, -0.15) is 0 Å². The van der Waals surface area contributed by atoms with E-state index in [2.05, 4.69) is 4.98 Å². The van der Waals surface area contributed by atoms with E-state index in [1.165, 1.54) is 10.8 Å². The summed E-state index contributed by atoms with van der Waals surface area (Å²) in [5.74, 6) is 0. The highest BCUT2D eigenvalue weighted by atomic mass is 16.5. The molecule has 1 aromatic heterocycles. The molecule has 110 valence electrons. The second kappa shape index (κ2) is 6.87. The number of aliphatic hydroxyl groups is 2. The largest absolute Gasteiger partial charge is 0.394 e. The van der Waals surface area contributed by atoms with Crippen LogP contribution in [0.1, 0.15) is 18.2 Å². The van der Waals surface area contributed by atoms with Crippen LogP contribution in [0.15, 0.2) is 15.8 Å². The van der Waals surface area contributed by atoms with Crippen molar-refractivity contribution in [3.05, 3.63) is 32.6 Å². The molecule has 0 unspecified atom stereocenters. The molecule has 2 heterocycles. The SMILES string of the molecule is Cc1cn([C@H]2C[C@H](O)[C@@H](CO)O2)c(=O)[nH]c1=O.N=[N+]=N. The topological polar surface area (TPSA) is 166 Å². The van der Waals surface area contributed by atoms with Gasteiger partial charge in [-0.1, -0.05) is 0 Å². The fraction of sp³-hybridized carbons (Fsp3) is 0.600. The molecule has 0 spiro atoms. The fourth-order valence-electron chi connectivity index (χ4n) is 1.85. The van der Waals surface area contributed by atoms with E-state index in [4.69, 9.17) is 20.9 Å². The summed E-state index contributed by atoms with van der Waals surface area (Å²) in [5.41, 5.74) is 10.4. The molecule has 5 N–H and O–H groups in total. The molecule has 0 amide bonds. The van der Waals surface area contributed by atoms with E-state index in [-0.39, 0.29) is 13.0 Å². The van der Waals surface area contributed by atoms with Gasteiger partial charge in [0.1, 0.15) is 23.4 Å². The molecular formula is C10H16N5O5+. The van der Waals surface area contributed by atoms with Crippen molar-refractivity contribution in [2.75, 3.05) is 6.61 Å². The number of aromatic amines is 1. The quantitative estimate of drug-likeness (QED) is 0.332. The van der Waals surface area contributed by atoms with Crippen molar-refractivity contribution in [3.63, 3.8) is 0 Å². The summed E-state index contributed by atoms with van der Waals surface area (Å²) in [7, 11) is 0. The van der Waals surface area contributed by atoms with E-state index in [1.54, 1.807) is 6.92 Å². The molecule has 10 nitrogen and oxygen atoms in total. The van der Waals surface area contributed by atoms with Crippen LogP contribution < -0.4 is 16.2 Å². The van der Waals surface area contributed by atoms with E-state index in [0.29, 0.717) is 5.56 Å². The summed E-state index contributed by atoms with van der Waals surface area (Å²) < 4.78 is 6.54. The molecule has 1 fully saturated rings. The van der Waals surface area contributed by atoms with Crippen molar-refractivity contribution in [2.45, 2.75) is 31.8 Å². The normalized spacial score (nSPS) is 24.6. The van der Waals surface area contributed by atoms with Crippen molar-refractivity contribution in [2.24, 2.45) is 0 Å². The average molecular weight is 286 g/mol. The monoisotopic (exact) mass is 286 g/mol. The Morgan fingerprint density at radius 3 is 2.65 bits per heavy atom. The highest BCUT2D eigenvalue weighted by molar-refractivity contribution is 5.02. The zero-order valence-corrected chi connectivity index (χ0v) is 10.7. The number of nitrogens with zero attached hydrogens (tertiary/aromatic N) is 2. The average Bonchev–Trinajstić information content (AvgIpc) is 2.76. The molecule has 2 rings (SSSR count). The lowest BCUT2D eigenvalue weighted by Gasteiger charge is -2.14. The predicted octanol–water partition coefficient (Wildman–Crippen LogP) is -1.40. The van der Waals surface area contributed by atoms with Gasteiger partial charge in [-0.05, 0) is 6.92 Å². The summed E-state index contributed by atoms with van der Waals surface area (Å²) in [6, 6.07) is 0. The number of hydrogen-bond donors (Lipinski definition) is 5. The van der Waals surface area contributed by atoms with Crippen molar-refractivity contribution >= 4 is 0 Å². The Labute approximate surface area is 112 Å². The molecule has 1 aliphatic heterocycles. The van der Waals surface area contributed by atoms with Gasteiger partial charge in [0.2, 0.25) is 4.91 Å². The maximum atomic E-state index is 11.6. The van der Waals surface area contributed by atoms with Crippen LogP contribution in [-0.4, -0.2) is 38.6 Å². The van der Waals surface area contributed by atoms with Crippen molar-refractivity contribution in [3.8, 4) is 0 Å². The Morgan fingerprint density at radius 2 is 2.15 bits per heavy atom. The highest BCUT2D eigenvalue weighted by Gasteiger charge is 2.34. The smallest absolute Gasteiger partial charge is 0.330 e. The van der Waals surface area contributed by atoms with Gasteiger partial charge in [-0.25, -0.2) is 4.79 Å². The number of aryl methyl sites for hydroxylation is 1. The predicted molar refractivity (Wildman–Crippen MR) is 65.3 cm³/mol. The van der Waals surface area contributed by atoms with Crippen LogP contribution in [0.4, 0.5) is 0 Å². The first-order chi connectivity index (χ1) is 9.44. The summed E-state index contributed by atoms with van der Waals surface area (Å²) in [5, 5.41) is 18.5. The van der Waals surface area contributed by atoms with Gasteiger partial charge in [-0.15, -0.1) is 0 Å². The van der Waals surface area contributed by atoms with Gasteiger partial charge in [0.25, 0.3) is 5.56 Å². The van der Waals surface area contributed by atoms with Gasteiger partial charge < -0.3 is 14.9 Å². The number of ether oxygens (including phenoxy) is 1. The summed E-state index contributed by atoms with van der Waals surface area (Å²) >= 11 is 0. The van der Waals surface area contributed by atoms with Crippen molar-refractivity contribution in [1.82, 2.24) is 14.5 Å². The minimum atomic E-state index is -0.816. The Bertz CT molecular complexity index is 603. The number of rotatable bonds is 2. The molecule has 1 aliphatic rings. The van der Waals surface area contributed by atoms with Crippen molar-refractivity contribution in [1.29, 1.82) is 11.1 Å². The van der Waals surface area contributed by atoms with Crippen molar-refractivity contribution < 1.29 is 14.9 Å². The number of aromatic nitrogens is 2. The first-order valence-corrected chi connectivity index (χ1v) is 5.74. The zero-order valence-electron chi connectivity index (χ0n) is 10.7. The van der Waals surface area contributed by atoms with Gasteiger partial charge in [0.05, 0.1) is 12.7 Å². The van der Waals surface area contributed by atoms with Crippen LogP contribution in [0.3, 0.4) is 0 Å². The Hall–Kier alpha value is -2.13. The molecule has 0 aromatic carbocycles. The molecule has 0 radical (unpaired) electrons. The third-order valence-electron chi connectivity index (χ3n) is 2.84. The highest BCUT2D eigenvalue weighted by Crippen LogP contribution is 2.27. The van der Waals surface area contributed by atoms with E-state index < -0.39 is 29.7 Å². The molecule has 1 saturated heterocycles. The van der Waals surface area contributed by atoms with Crippen LogP contribution in [-0.2, 0) is 4.74 Å². The van der Waals surface area contributed by atoms with Crippen LogP contribution in [0, 0.1) is 18.0 Å². The second-order valence-electron chi connectivity index (χ2n) is 4.21. The number of H-pyrrole nitrogens is 1. The summed E-state index contributed by atoms with van der Waals surface area (Å²) in [4.78, 5) is 26.9. The number of aliphatic hydroxyl groups excluding tert-OH is 2. The first kappa shape index (κ1) is 15.9. The molecular weight excluding hydrogens is 270 g/mol. The lowest BCUT2D eigenvalue weighted by atomic mass is 10.2. The number of hydrogen-bond acceptors (Lipinski definition) is 7. The van der Waals surface area contributed by atoms with Gasteiger partial charge in [-0.3, -0.25) is 14.3 Å². The van der Waals surface area contributed by atoms with Crippen LogP contribution in [0.2, 0.25) is 0 Å². The lowest BCUT2D eigenvalue weighted by Crippen LogP contribution is -2.33. The molecule has 20 heavy (non-hydrogen) atoms. The standard InChI is InChI=1S/C10H14N2O5.H2N3/c1-5-3-12(10(16)11-9(5)15)8-2-6(14)7(4-13)17-8;1-3-2/h3,6-8,13-14H,2,4H2,1H3,(H,11,15,16);1-2H/q;+1/t6-,7+,8+;/m0./s1. The molecule has 3 atom stereocenters. The van der Waals surface area contributed by atoms with Gasteiger partial charge >= 0.3 is 5.69 Å². The third-order valence-corrected chi connectivity index (χ3v) is 2.84. The minimum Gasteiger partial charge on any atom is -0.394 e. The van der Waals surface area contributed by atoms with Crippen LogP contribution in [0.25, 0.3) is 0 Å².